The minimum Gasteiger partial charge on any atom is -0.455 e. The van der Waals surface area contributed by atoms with E-state index < -0.39 is 127 Å². The summed E-state index contributed by atoms with van der Waals surface area (Å²) in [5.74, 6) is -22.2. The summed E-state index contributed by atoms with van der Waals surface area (Å²) >= 11 is 0. The SMILES string of the molecule is CC(F)(F)C(=O)OC12CC3CC(C1)C1(OCC(F)(F)CO1)C(C3)C2.CC(F)(F)C(=O)OC12CC3CC(C1)C1(OCC(F)(F)CO1)C(C3)C2.CC(F)(F)C(=O)OC12CC3CC(C1)C1(OCC(F)(F)CO1)C(C3)C2.c1ccc([S+]2c3ccccc3Oc3ccccc32)cc1.c1ccc([S+]2c3ccccc3Oc3ccccc32)cc1.c1ccc([S+]2c3ccccc3Oc3ccccc32)cc1. The molecule has 12 bridgehead atoms. The van der Waals surface area contributed by atoms with Gasteiger partial charge >= 0.3 is 35.7 Å². The van der Waals surface area contributed by atoms with Crippen LogP contribution in [0.5, 0.6) is 34.5 Å². The van der Waals surface area contributed by atoms with Crippen molar-refractivity contribution < 1.29 is 124 Å². The Balaban J connectivity index is 0.000000102. The first kappa shape index (κ1) is 91.9. The Morgan fingerprint density at radius 3 is 0.629 bits per heavy atom. The van der Waals surface area contributed by atoms with E-state index >= 15 is 0 Å². The Hall–Kier alpha value is -9.24. The van der Waals surface area contributed by atoms with Crippen LogP contribution in [-0.4, -0.2) is 127 Å². The summed E-state index contributed by atoms with van der Waals surface area (Å²) in [6.07, 6.45) is 7.97. The Morgan fingerprint density at radius 2 is 0.447 bits per heavy atom. The van der Waals surface area contributed by atoms with Gasteiger partial charge in [0.25, 0.3) is 17.8 Å². The van der Waals surface area contributed by atoms with Gasteiger partial charge in [-0.25, -0.2) is 40.7 Å². The molecule has 9 aromatic carbocycles. The number of benzene rings is 9. The summed E-state index contributed by atoms with van der Waals surface area (Å²) in [5.41, 5.74) is -2.82. The van der Waals surface area contributed by atoms with E-state index in [-0.39, 0.29) is 85.9 Å². The van der Waals surface area contributed by atoms with Gasteiger partial charge in [0.1, 0.15) is 89.1 Å². The number of esters is 3. The number of rotatable bonds is 9. The zero-order valence-corrected chi connectivity index (χ0v) is 74.9. The average Bonchev–Trinajstić information content (AvgIpc) is 0.707. The molecular formula is C102H99F12O15S3+3. The maximum Gasteiger partial charge on any atom is 0.377 e. The molecule has 3 saturated heterocycles. The van der Waals surface area contributed by atoms with Crippen LogP contribution in [0.3, 0.4) is 0 Å². The Bertz CT molecular complexity index is 4960. The third kappa shape index (κ3) is 18.2. The lowest BCUT2D eigenvalue weighted by atomic mass is 9.51. The molecule has 3 spiro atoms. The molecule has 15 fully saturated rings. The van der Waals surface area contributed by atoms with Crippen molar-refractivity contribution in [2.75, 3.05) is 39.6 Å². The largest absolute Gasteiger partial charge is 0.455 e. The Kier molecular flexibility index (Phi) is 24.5. The van der Waals surface area contributed by atoms with Crippen LogP contribution in [-0.2, 0) is 89.7 Å². The third-order valence-corrected chi connectivity index (χ3v) is 34.8. The van der Waals surface area contributed by atoms with Gasteiger partial charge in [-0.2, -0.15) is 26.3 Å². The van der Waals surface area contributed by atoms with Gasteiger partial charge in [-0.1, -0.05) is 127 Å². The van der Waals surface area contributed by atoms with E-state index in [0.29, 0.717) is 78.6 Å². The van der Waals surface area contributed by atoms with Crippen molar-refractivity contribution in [1.82, 2.24) is 0 Å². The first-order chi connectivity index (χ1) is 62.9. The Labute approximate surface area is 764 Å². The minimum absolute atomic E-state index is 0.0829. The molecule has 0 aromatic heterocycles. The highest BCUT2D eigenvalue weighted by Gasteiger charge is 2.72. The maximum atomic E-state index is 13.4. The zero-order chi connectivity index (χ0) is 92.2. The number of carbonyl (C=O) groups is 3. The van der Waals surface area contributed by atoms with Gasteiger partial charge in [-0.15, -0.1) is 0 Å². The van der Waals surface area contributed by atoms with Crippen molar-refractivity contribution in [1.29, 1.82) is 0 Å². The van der Waals surface area contributed by atoms with Crippen molar-refractivity contribution in [3.8, 4) is 34.5 Å². The van der Waals surface area contributed by atoms with Crippen molar-refractivity contribution in [2.45, 2.75) is 231 Å². The molecule has 6 aliphatic heterocycles. The van der Waals surface area contributed by atoms with Crippen LogP contribution >= 0.6 is 0 Å². The van der Waals surface area contributed by atoms with E-state index in [9.17, 15) is 67.1 Å². The van der Waals surface area contributed by atoms with Gasteiger partial charge in [0.2, 0.25) is 29.4 Å². The molecule has 0 N–H and O–H groups in total. The van der Waals surface area contributed by atoms with E-state index in [4.69, 9.17) is 56.8 Å². The van der Waals surface area contributed by atoms with E-state index in [1.807, 2.05) is 72.8 Å². The molecule has 6 heterocycles. The molecule has 132 heavy (non-hydrogen) atoms. The fourth-order valence-electron chi connectivity index (χ4n) is 23.1. The summed E-state index contributed by atoms with van der Waals surface area (Å²) in [6.45, 7) is -2.58. The predicted molar refractivity (Wildman–Crippen MR) is 462 cm³/mol. The normalized spacial score (nSPS) is 29.1. The van der Waals surface area contributed by atoms with E-state index in [0.717, 1.165) is 73.0 Å². The van der Waals surface area contributed by atoms with Crippen LogP contribution in [0.15, 0.2) is 281 Å². The van der Waals surface area contributed by atoms with Crippen LogP contribution in [0, 0.1) is 53.3 Å². The average molecular weight is 1890 g/mol. The number of ether oxygens (including phenoxy) is 12. The fourth-order valence-corrected chi connectivity index (χ4v) is 29.8. The monoisotopic (exact) mass is 1890 g/mol. The minimum atomic E-state index is -3.54. The van der Waals surface area contributed by atoms with Crippen molar-refractivity contribution in [3.05, 3.63) is 237 Å². The number of hydrogen-bond donors (Lipinski definition) is 0. The van der Waals surface area contributed by atoms with E-state index in [1.54, 1.807) is 0 Å². The highest BCUT2D eigenvalue weighted by atomic mass is 32.2. The number of hydrogen-bond acceptors (Lipinski definition) is 15. The third-order valence-electron chi connectivity index (χ3n) is 27.9. The molecule has 696 valence electrons. The highest BCUT2D eigenvalue weighted by molar-refractivity contribution is 7.98. The Morgan fingerprint density at radius 1 is 0.273 bits per heavy atom. The quantitative estimate of drug-likeness (QED) is 0.0580. The molecule has 12 aliphatic carbocycles. The summed E-state index contributed by atoms with van der Waals surface area (Å²) in [6, 6.07) is 81.9. The van der Waals surface area contributed by atoms with Crippen molar-refractivity contribution in [2.24, 2.45) is 53.3 Å². The van der Waals surface area contributed by atoms with Crippen LogP contribution in [0.4, 0.5) is 52.7 Å². The van der Waals surface area contributed by atoms with Gasteiger partial charge in [-0.05, 0) is 223 Å². The molecule has 15 nitrogen and oxygen atoms in total. The first-order valence-electron chi connectivity index (χ1n) is 44.7. The zero-order valence-electron chi connectivity index (χ0n) is 72.4. The second-order valence-corrected chi connectivity index (χ2v) is 43.6. The molecule has 27 rings (SSSR count). The molecule has 18 aliphatic rings. The van der Waals surface area contributed by atoms with E-state index in [1.165, 1.54) is 44.1 Å². The van der Waals surface area contributed by atoms with Crippen molar-refractivity contribution >= 4 is 50.6 Å². The number of alkyl halides is 12. The van der Waals surface area contributed by atoms with Gasteiger partial charge < -0.3 is 56.8 Å². The van der Waals surface area contributed by atoms with Gasteiger partial charge in [-0.3, -0.25) is 0 Å². The molecule has 12 saturated carbocycles. The second-order valence-electron chi connectivity index (χ2n) is 37.7. The van der Waals surface area contributed by atoms with Crippen molar-refractivity contribution in [3.63, 3.8) is 0 Å². The first-order valence-corrected chi connectivity index (χ1v) is 48.4. The molecular weight excluding hydrogens is 1790 g/mol. The second kappa shape index (κ2) is 35.1. The highest BCUT2D eigenvalue weighted by Crippen LogP contribution is 2.68. The fraction of sp³-hybridized carbons (Fsp3) is 0.441. The van der Waals surface area contributed by atoms with Crippen LogP contribution in [0.25, 0.3) is 0 Å². The van der Waals surface area contributed by atoms with Gasteiger partial charge in [0.15, 0.2) is 66.5 Å². The predicted octanol–water partition coefficient (Wildman–Crippen LogP) is 24.1. The topological polar surface area (TPSA) is 162 Å². The van der Waals surface area contributed by atoms with Crippen LogP contribution < -0.4 is 14.2 Å². The van der Waals surface area contributed by atoms with Crippen LogP contribution in [0.1, 0.15) is 117 Å². The lowest BCUT2D eigenvalue weighted by Gasteiger charge is -2.64. The molecule has 6 atom stereocenters. The van der Waals surface area contributed by atoms with Gasteiger partial charge in [0.05, 0.1) is 0 Å². The number of para-hydroxylation sites is 6. The summed E-state index contributed by atoms with van der Waals surface area (Å²) < 4.78 is 227. The van der Waals surface area contributed by atoms with Crippen LogP contribution in [0.2, 0.25) is 0 Å². The molecule has 6 unspecified atom stereocenters. The lowest BCUT2D eigenvalue weighted by Crippen LogP contribution is -2.69. The summed E-state index contributed by atoms with van der Waals surface area (Å²) in [4.78, 5) is 46.6. The number of carbonyl (C=O) groups excluding carboxylic acids is 3. The lowest BCUT2D eigenvalue weighted by molar-refractivity contribution is -0.405. The molecule has 0 amide bonds. The van der Waals surface area contributed by atoms with Gasteiger partial charge in [0, 0.05) is 56.3 Å². The maximum absolute atomic E-state index is 13.4. The summed E-state index contributed by atoms with van der Waals surface area (Å²) in [7, 11) is -0.249. The van der Waals surface area contributed by atoms with E-state index in [2.05, 4.69) is 164 Å². The number of fused-ring (bicyclic) bond motifs is 6. The smallest absolute Gasteiger partial charge is 0.377 e. The summed E-state index contributed by atoms with van der Waals surface area (Å²) in [5, 5.41) is 0. The number of halogens is 12. The molecule has 0 radical (unpaired) electrons. The molecule has 30 heteroatoms. The standard InChI is InChI=1S/3C18H13OS.3C16H20F4O4/c3*1-2-8-14(9-3-1)20-17-12-6-4-10-15(17)19-16-11-5-7-13-18(16)20;3*1-13(17,18)12(21)24-14-4-9-2-10(5-14)16(11(3-9)6-14)22-7-15(19,20)8-23-16/h3*1-13H;3*9-11H,2-8H2,1H3/q3*+1;;;. The molecule has 9 aromatic rings.